The van der Waals surface area contributed by atoms with Crippen LogP contribution in [0.25, 0.3) is 0 Å². The van der Waals surface area contributed by atoms with Crippen LogP contribution < -0.4 is 10.1 Å². The Morgan fingerprint density at radius 2 is 2.05 bits per heavy atom. The first-order chi connectivity index (χ1) is 10.1. The van der Waals surface area contributed by atoms with Crippen molar-refractivity contribution in [1.29, 1.82) is 0 Å². The maximum atomic E-state index is 13.5. The molecule has 0 bridgehead atoms. The molecule has 1 amide bonds. The van der Waals surface area contributed by atoms with Gasteiger partial charge in [0, 0.05) is 16.0 Å². The van der Waals surface area contributed by atoms with Gasteiger partial charge in [-0.3, -0.25) is 4.79 Å². The number of carbonyl (C=O) groups is 1. The van der Waals surface area contributed by atoms with Crippen molar-refractivity contribution in [1.82, 2.24) is 5.32 Å². The molecule has 0 aliphatic rings. The Kier molecular flexibility index (Phi) is 5.59. The van der Waals surface area contributed by atoms with Crippen molar-refractivity contribution < 1.29 is 13.9 Å². The summed E-state index contributed by atoms with van der Waals surface area (Å²) in [5, 5.41) is 3.24. The Labute approximate surface area is 135 Å². The molecular weight excluding hydrogens is 361 g/mol. The Balaban J connectivity index is 1.84. The van der Waals surface area contributed by atoms with Crippen molar-refractivity contribution >= 4 is 33.4 Å². The van der Waals surface area contributed by atoms with Gasteiger partial charge in [-0.1, -0.05) is 45.7 Å². The van der Waals surface area contributed by atoms with Crippen LogP contribution in [0.2, 0.25) is 5.02 Å². The first-order valence-electron chi connectivity index (χ1n) is 6.14. The Hall–Kier alpha value is -1.59. The van der Waals surface area contributed by atoms with Crippen molar-refractivity contribution in [3.05, 3.63) is 63.3 Å². The molecule has 1 N–H and O–H groups in total. The minimum absolute atomic E-state index is 0.0334. The number of hydrogen-bond donors (Lipinski definition) is 1. The van der Waals surface area contributed by atoms with E-state index < -0.39 is 5.82 Å². The van der Waals surface area contributed by atoms with Gasteiger partial charge in [-0.15, -0.1) is 0 Å². The van der Waals surface area contributed by atoms with Gasteiger partial charge >= 0.3 is 0 Å². The summed E-state index contributed by atoms with van der Waals surface area (Å²) in [6.45, 7) is 0.0354. The van der Waals surface area contributed by atoms with Gasteiger partial charge < -0.3 is 10.1 Å². The summed E-state index contributed by atoms with van der Waals surface area (Å²) in [6, 6.07) is 11.6. The highest BCUT2D eigenvalue weighted by atomic mass is 79.9. The molecule has 0 spiro atoms. The molecule has 110 valence electrons. The predicted molar refractivity (Wildman–Crippen MR) is 82.9 cm³/mol. The Morgan fingerprint density at radius 3 is 2.76 bits per heavy atom. The fraction of sp³-hybridized carbons (Fsp3) is 0.133. The van der Waals surface area contributed by atoms with Crippen LogP contribution in [0.15, 0.2) is 46.9 Å². The molecule has 0 aromatic heterocycles. The lowest BCUT2D eigenvalue weighted by Gasteiger charge is -2.09. The van der Waals surface area contributed by atoms with E-state index in [1.54, 1.807) is 12.1 Å². The summed E-state index contributed by atoms with van der Waals surface area (Å²) in [6.07, 6.45) is 0. The largest absolute Gasteiger partial charge is 0.481 e. The molecule has 21 heavy (non-hydrogen) atoms. The molecule has 0 atom stereocenters. The van der Waals surface area contributed by atoms with Gasteiger partial charge in [0.15, 0.2) is 18.2 Å². The predicted octanol–water partition coefficient (Wildman–Crippen LogP) is 3.94. The van der Waals surface area contributed by atoms with Gasteiger partial charge in [0.1, 0.15) is 0 Å². The molecule has 2 rings (SSSR count). The number of rotatable bonds is 5. The Bertz CT molecular complexity index is 651. The van der Waals surface area contributed by atoms with Crippen molar-refractivity contribution in [2.24, 2.45) is 0 Å². The molecule has 0 saturated carbocycles. The van der Waals surface area contributed by atoms with E-state index >= 15 is 0 Å². The quantitative estimate of drug-likeness (QED) is 0.863. The third kappa shape index (κ3) is 4.72. The van der Waals surface area contributed by atoms with Crippen LogP contribution in [0, 0.1) is 5.82 Å². The second-order valence-corrected chi connectivity index (χ2v) is 5.55. The zero-order chi connectivity index (χ0) is 15.2. The molecule has 2 aromatic carbocycles. The standard InChI is InChI=1S/C15H12BrClFNO2/c16-11-5-6-14(13(18)7-11)21-9-15(20)19-8-10-3-1-2-4-12(10)17/h1-7H,8-9H2,(H,19,20). The van der Waals surface area contributed by atoms with Crippen LogP contribution in [0.3, 0.4) is 0 Å². The second-order valence-electron chi connectivity index (χ2n) is 4.23. The molecule has 2 aromatic rings. The third-order valence-electron chi connectivity index (χ3n) is 2.69. The Morgan fingerprint density at radius 1 is 1.29 bits per heavy atom. The number of carbonyl (C=O) groups excluding carboxylic acids is 1. The maximum absolute atomic E-state index is 13.5. The zero-order valence-corrected chi connectivity index (χ0v) is 13.2. The average molecular weight is 373 g/mol. The van der Waals surface area contributed by atoms with Crippen molar-refractivity contribution in [2.45, 2.75) is 6.54 Å². The summed E-state index contributed by atoms with van der Waals surface area (Å²) in [5.74, 6) is -0.841. The summed E-state index contributed by atoms with van der Waals surface area (Å²) >= 11 is 9.13. The van der Waals surface area contributed by atoms with E-state index in [9.17, 15) is 9.18 Å². The fourth-order valence-electron chi connectivity index (χ4n) is 1.62. The topological polar surface area (TPSA) is 38.3 Å². The number of amides is 1. The molecule has 0 unspecified atom stereocenters. The minimum Gasteiger partial charge on any atom is -0.481 e. The van der Waals surface area contributed by atoms with Gasteiger partial charge in [0.05, 0.1) is 0 Å². The van der Waals surface area contributed by atoms with Crippen LogP contribution >= 0.6 is 27.5 Å². The van der Waals surface area contributed by atoms with Crippen molar-refractivity contribution in [3.8, 4) is 5.75 Å². The molecule has 0 fully saturated rings. The van der Waals surface area contributed by atoms with Crippen LogP contribution in [-0.4, -0.2) is 12.5 Å². The smallest absolute Gasteiger partial charge is 0.258 e. The maximum Gasteiger partial charge on any atom is 0.258 e. The normalized spacial score (nSPS) is 10.2. The van der Waals surface area contributed by atoms with Gasteiger partial charge in [0.2, 0.25) is 0 Å². The number of benzene rings is 2. The van der Waals surface area contributed by atoms with Gasteiger partial charge in [-0.2, -0.15) is 0 Å². The number of nitrogens with one attached hydrogen (secondary N) is 1. The van der Waals surface area contributed by atoms with E-state index in [-0.39, 0.29) is 18.3 Å². The molecular formula is C15H12BrClFNO2. The molecule has 3 nitrogen and oxygen atoms in total. The van der Waals surface area contributed by atoms with E-state index in [0.29, 0.717) is 16.0 Å². The lowest BCUT2D eigenvalue weighted by atomic mass is 10.2. The summed E-state index contributed by atoms with van der Waals surface area (Å²) in [5.41, 5.74) is 0.808. The van der Waals surface area contributed by atoms with Crippen molar-refractivity contribution in [3.63, 3.8) is 0 Å². The number of hydrogen-bond acceptors (Lipinski definition) is 2. The van der Waals surface area contributed by atoms with Crippen LogP contribution in [-0.2, 0) is 11.3 Å². The van der Waals surface area contributed by atoms with Crippen LogP contribution in [0.4, 0.5) is 4.39 Å². The molecule has 0 saturated heterocycles. The van der Waals surface area contributed by atoms with E-state index in [4.69, 9.17) is 16.3 Å². The lowest BCUT2D eigenvalue weighted by molar-refractivity contribution is -0.123. The molecule has 0 aliphatic carbocycles. The highest BCUT2D eigenvalue weighted by Gasteiger charge is 2.08. The SMILES string of the molecule is O=C(COc1ccc(Br)cc1F)NCc1ccccc1Cl. The van der Waals surface area contributed by atoms with Gasteiger partial charge in [0.25, 0.3) is 5.91 Å². The first-order valence-corrected chi connectivity index (χ1v) is 7.31. The average Bonchev–Trinajstić information content (AvgIpc) is 2.45. The zero-order valence-electron chi connectivity index (χ0n) is 10.9. The van der Waals surface area contributed by atoms with Crippen LogP contribution in [0.1, 0.15) is 5.56 Å². The molecule has 0 aliphatic heterocycles. The highest BCUT2D eigenvalue weighted by molar-refractivity contribution is 9.10. The monoisotopic (exact) mass is 371 g/mol. The number of halogens is 3. The van der Waals surface area contributed by atoms with E-state index in [1.165, 1.54) is 12.1 Å². The van der Waals surface area contributed by atoms with Gasteiger partial charge in [-0.25, -0.2) is 4.39 Å². The third-order valence-corrected chi connectivity index (χ3v) is 3.55. The van der Waals surface area contributed by atoms with E-state index in [1.807, 2.05) is 18.2 Å². The minimum atomic E-state index is -0.525. The molecule has 0 heterocycles. The summed E-state index contributed by atoms with van der Waals surface area (Å²) in [7, 11) is 0. The fourth-order valence-corrected chi connectivity index (χ4v) is 2.16. The summed E-state index contributed by atoms with van der Waals surface area (Å²) < 4.78 is 19.2. The lowest BCUT2D eigenvalue weighted by Crippen LogP contribution is -2.28. The van der Waals surface area contributed by atoms with Crippen LogP contribution in [0.5, 0.6) is 5.75 Å². The highest BCUT2D eigenvalue weighted by Crippen LogP contribution is 2.21. The first kappa shape index (κ1) is 15.8. The van der Waals surface area contributed by atoms with Crippen molar-refractivity contribution in [2.75, 3.05) is 6.61 Å². The molecule has 0 radical (unpaired) electrons. The second kappa shape index (κ2) is 7.43. The van der Waals surface area contributed by atoms with E-state index in [2.05, 4.69) is 21.2 Å². The summed E-state index contributed by atoms with van der Waals surface area (Å²) in [4.78, 5) is 11.7. The van der Waals surface area contributed by atoms with Gasteiger partial charge in [-0.05, 0) is 29.8 Å². The van der Waals surface area contributed by atoms with E-state index in [0.717, 1.165) is 5.56 Å². The molecule has 6 heteroatoms. The number of ether oxygens (including phenoxy) is 1.